The Kier molecular flexibility index (Phi) is 11.1. The van der Waals surface area contributed by atoms with E-state index < -0.39 is 85.8 Å². The number of fused-ring (bicyclic) bond motifs is 3. The number of sulfonamides is 1. The van der Waals surface area contributed by atoms with Crippen molar-refractivity contribution in [3.63, 3.8) is 0 Å². The Balaban J connectivity index is 1.29. The van der Waals surface area contributed by atoms with Gasteiger partial charge in [-0.2, -0.15) is 0 Å². The number of amides is 5. The molecule has 0 aromatic heterocycles. The van der Waals surface area contributed by atoms with Crippen molar-refractivity contribution in [1.29, 1.82) is 0 Å². The molecule has 1 aromatic carbocycles. The summed E-state index contributed by atoms with van der Waals surface area (Å²) in [5.41, 5.74) is 0.253. The van der Waals surface area contributed by atoms with Gasteiger partial charge in [-0.3, -0.25) is 24.0 Å². The van der Waals surface area contributed by atoms with Crippen molar-refractivity contribution in [3.8, 4) is 0 Å². The van der Waals surface area contributed by atoms with Gasteiger partial charge in [0.1, 0.15) is 23.7 Å². The number of allylic oxidation sites excluding steroid dienone is 1. The Bertz CT molecular complexity index is 1870. The maximum Gasteiger partial charge on any atom is 0.410 e. The summed E-state index contributed by atoms with van der Waals surface area (Å²) >= 11 is 0. The van der Waals surface area contributed by atoms with Gasteiger partial charge in [0.25, 0.3) is 5.91 Å². The summed E-state index contributed by atoms with van der Waals surface area (Å²) in [6.45, 7) is 13.3. The summed E-state index contributed by atoms with van der Waals surface area (Å²) in [6, 6.07) is 3.32. The number of ether oxygens (including phenoxy) is 3. The van der Waals surface area contributed by atoms with Crippen molar-refractivity contribution in [2.75, 3.05) is 19.8 Å². The molecule has 55 heavy (non-hydrogen) atoms. The minimum absolute atomic E-state index is 0.0707. The monoisotopic (exact) mass is 783 g/mol. The molecule has 3 heterocycles. The summed E-state index contributed by atoms with van der Waals surface area (Å²) in [4.78, 5) is 71.9. The molecule has 5 aliphatic rings. The SMILES string of the molecule is C=C[C@@H]1C[C@]1(NC(=O)[C@@H]1C[C@@H]2CN1C(=O)[C@H](COC(C)(C)C)NC(=O)OCC(C)(C)CC/C=C/c1cccc3c1CN(C3)C(=O)O2)C(=O)NS(=O)(=O)C1CC1. The summed E-state index contributed by atoms with van der Waals surface area (Å²) in [5.74, 6) is -2.89. The van der Waals surface area contributed by atoms with Crippen molar-refractivity contribution in [3.05, 3.63) is 53.6 Å². The standard InChI is InChI=1S/C39H53N5O10S/c1-7-26-18-39(26,34(47)42-55(50,51)28-14-15-28)41-32(45)31-17-27-20-44(31)33(46)30(22-53-37(2,3)4)40-35(48)52-23-38(5,6)16-9-8-11-24-12-10-13-25-19-43(21-29(24)25)36(49)54-27/h7-8,10-13,26-28,30-31H,1,9,14-23H2,2-6H3,(H,40,48)(H,41,45)(H,42,47)/b11-8+/t26-,27-,30+,31+,39-/m1/s1. The van der Waals surface area contributed by atoms with E-state index in [1.807, 2.05) is 38.1 Å². The summed E-state index contributed by atoms with van der Waals surface area (Å²) in [7, 11) is -3.93. The minimum Gasteiger partial charge on any atom is -0.449 e. The number of carbonyl (C=O) groups excluding carboxylic acids is 5. The highest BCUT2D eigenvalue weighted by atomic mass is 32.2. The Labute approximate surface area is 322 Å². The van der Waals surface area contributed by atoms with Gasteiger partial charge in [0.05, 0.1) is 37.2 Å². The van der Waals surface area contributed by atoms with Gasteiger partial charge >= 0.3 is 12.2 Å². The molecule has 5 amide bonds. The van der Waals surface area contributed by atoms with Crippen molar-refractivity contribution < 1.29 is 46.6 Å². The topological polar surface area (TPSA) is 190 Å². The number of benzene rings is 1. The number of nitrogens with zero attached hydrogens (tertiary/aromatic N) is 2. The highest BCUT2D eigenvalue weighted by molar-refractivity contribution is 7.91. The van der Waals surface area contributed by atoms with Crippen LogP contribution in [0.5, 0.6) is 0 Å². The molecule has 16 heteroatoms. The first-order chi connectivity index (χ1) is 25.8. The molecular formula is C39H53N5O10S. The average molecular weight is 784 g/mol. The highest BCUT2D eigenvalue weighted by Gasteiger charge is 2.62. The molecule has 1 aromatic rings. The minimum atomic E-state index is -3.93. The number of hydrogen-bond acceptors (Lipinski definition) is 10. The lowest BCUT2D eigenvalue weighted by molar-refractivity contribution is -0.143. The number of hydrogen-bond donors (Lipinski definition) is 3. The van der Waals surface area contributed by atoms with E-state index in [9.17, 15) is 32.4 Å². The predicted molar refractivity (Wildman–Crippen MR) is 201 cm³/mol. The third kappa shape index (κ3) is 9.34. The lowest BCUT2D eigenvalue weighted by atomic mass is 9.88. The fourth-order valence-corrected chi connectivity index (χ4v) is 8.62. The molecule has 3 N–H and O–H groups in total. The van der Waals surface area contributed by atoms with E-state index in [4.69, 9.17) is 14.2 Å². The maximum atomic E-state index is 14.5. The second-order valence-corrected chi connectivity index (χ2v) is 19.0. The lowest BCUT2D eigenvalue weighted by Gasteiger charge is -2.31. The molecule has 0 spiro atoms. The molecule has 300 valence electrons. The van der Waals surface area contributed by atoms with E-state index in [0.29, 0.717) is 38.8 Å². The van der Waals surface area contributed by atoms with Crippen molar-refractivity contribution in [2.24, 2.45) is 11.3 Å². The van der Waals surface area contributed by atoms with Crippen LogP contribution in [0.2, 0.25) is 0 Å². The van der Waals surface area contributed by atoms with E-state index in [2.05, 4.69) is 28.0 Å². The zero-order valence-electron chi connectivity index (χ0n) is 32.2. The van der Waals surface area contributed by atoms with Crippen LogP contribution in [0.3, 0.4) is 0 Å². The number of carbonyl (C=O) groups is 5. The maximum absolute atomic E-state index is 14.5. The van der Waals surface area contributed by atoms with Crippen LogP contribution in [0.1, 0.15) is 89.8 Å². The van der Waals surface area contributed by atoms with E-state index >= 15 is 0 Å². The molecule has 4 bridgehead atoms. The normalized spacial score (nSPS) is 29.0. The second kappa shape index (κ2) is 15.2. The molecule has 1 saturated heterocycles. The Morgan fingerprint density at radius 3 is 2.56 bits per heavy atom. The van der Waals surface area contributed by atoms with Gasteiger partial charge in [0.15, 0.2) is 0 Å². The van der Waals surface area contributed by atoms with E-state index in [0.717, 1.165) is 16.7 Å². The summed E-state index contributed by atoms with van der Waals surface area (Å²) in [5, 5.41) is 4.70. The number of nitrogens with one attached hydrogen (secondary N) is 3. The smallest absolute Gasteiger partial charge is 0.410 e. The fourth-order valence-electron chi connectivity index (χ4n) is 7.25. The van der Waals surface area contributed by atoms with E-state index in [1.165, 1.54) is 11.0 Å². The van der Waals surface area contributed by atoms with Crippen LogP contribution < -0.4 is 15.4 Å². The van der Waals surface area contributed by atoms with Crippen LogP contribution in [0, 0.1) is 11.3 Å². The Morgan fingerprint density at radius 1 is 1.15 bits per heavy atom. The molecule has 0 unspecified atom stereocenters. The van der Waals surface area contributed by atoms with Crippen LogP contribution in [0.4, 0.5) is 9.59 Å². The predicted octanol–water partition coefficient (Wildman–Crippen LogP) is 3.52. The molecule has 3 aliphatic heterocycles. The molecule has 5 atom stereocenters. The first kappa shape index (κ1) is 40.2. The molecular weight excluding hydrogens is 731 g/mol. The third-order valence-electron chi connectivity index (χ3n) is 10.8. The number of rotatable bonds is 8. The van der Waals surface area contributed by atoms with Gasteiger partial charge in [-0.05, 0) is 75.0 Å². The quantitative estimate of drug-likeness (QED) is 0.329. The summed E-state index contributed by atoms with van der Waals surface area (Å²) < 4.78 is 45.1. The van der Waals surface area contributed by atoms with Crippen LogP contribution in [-0.2, 0) is 51.7 Å². The van der Waals surface area contributed by atoms with Gasteiger partial charge < -0.3 is 29.7 Å². The first-order valence-corrected chi connectivity index (χ1v) is 20.5. The van der Waals surface area contributed by atoms with Crippen molar-refractivity contribution >= 4 is 46.0 Å². The lowest BCUT2D eigenvalue weighted by Crippen LogP contribution is -2.59. The van der Waals surface area contributed by atoms with Crippen LogP contribution in [-0.4, -0.2) is 102 Å². The first-order valence-electron chi connectivity index (χ1n) is 18.9. The van der Waals surface area contributed by atoms with Crippen LogP contribution in [0.15, 0.2) is 36.9 Å². The van der Waals surface area contributed by atoms with E-state index in [1.54, 1.807) is 25.7 Å². The van der Waals surface area contributed by atoms with Crippen LogP contribution in [0.25, 0.3) is 6.08 Å². The molecule has 15 nitrogen and oxygen atoms in total. The van der Waals surface area contributed by atoms with Crippen LogP contribution >= 0.6 is 0 Å². The summed E-state index contributed by atoms with van der Waals surface area (Å²) in [6.07, 6.45) is 5.42. The van der Waals surface area contributed by atoms with Crippen molar-refractivity contribution in [2.45, 2.75) is 121 Å². The van der Waals surface area contributed by atoms with Gasteiger partial charge in [0, 0.05) is 18.9 Å². The Morgan fingerprint density at radius 2 is 1.89 bits per heavy atom. The van der Waals surface area contributed by atoms with Gasteiger partial charge in [-0.1, -0.05) is 50.3 Å². The van der Waals surface area contributed by atoms with Gasteiger partial charge in [-0.25, -0.2) is 18.0 Å². The fraction of sp³-hybridized carbons (Fsp3) is 0.615. The number of cyclic esters (lactones) is 1. The second-order valence-electron chi connectivity index (χ2n) is 17.1. The largest absolute Gasteiger partial charge is 0.449 e. The Hall–Kier alpha value is -4.44. The molecule has 3 fully saturated rings. The zero-order valence-corrected chi connectivity index (χ0v) is 33.0. The van der Waals surface area contributed by atoms with E-state index in [-0.39, 0.29) is 32.6 Å². The molecule has 0 radical (unpaired) electrons. The zero-order chi connectivity index (χ0) is 39.9. The average Bonchev–Trinajstić information content (AvgIpc) is 4.00. The molecule has 6 rings (SSSR count). The van der Waals surface area contributed by atoms with Gasteiger partial charge in [0.2, 0.25) is 21.8 Å². The van der Waals surface area contributed by atoms with Crippen molar-refractivity contribution in [1.82, 2.24) is 25.2 Å². The molecule has 2 aliphatic carbocycles. The van der Waals surface area contributed by atoms with Gasteiger partial charge in [-0.15, -0.1) is 6.58 Å². The molecule has 2 saturated carbocycles. The third-order valence-corrected chi connectivity index (χ3v) is 12.6. The highest BCUT2D eigenvalue weighted by Crippen LogP contribution is 2.45. The number of alkyl carbamates (subject to hydrolysis) is 1.